The molecule has 1 heterocycles. The van der Waals surface area contributed by atoms with Gasteiger partial charge in [0.1, 0.15) is 0 Å². The number of ether oxygens (including phenoxy) is 2. The maximum Gasteiger partial charge on any atom is 0.277 e. The van der Waals surface area contributed by atoms with Gasteiger partial charge in [-0.2, -0.15) is 0 Å². The summed E-state index contributed by atoms with van der Waals surface area (Å²) in [6.07, 6.45) is 0.675. The SMILES string of the molecule is COc1ccc(CCNC(=O)CSc2nnc(-c3ccccc3Cl)o2)cc1OC. The highest BCUT2D eigenvalue weighted by molar-refractivity contribution is 7.99. The zero-order chi connectivity index (χ0) is 20.6. The van der Waals surface area contributed by atoms with Crippen molar-refractivity contribution in [3.05, 3.63) is 53.1 Å². The molecule has 0 radical (unpaired) electrons. The summed E-state index contributed by atoms with van der Waals surface area (Å²) in [6.45, 7) is 0.504. The Hall–Kier alpha value is -2.71. The van der Waals surface area contributed by atoms with Crippen molar-refractivity contribution < 1.29 is 18.7 Å². The summed E-state index contributed by atoms with van der Waals surface area (Å²) in [7, 11) is 3.19. The van der Waals surface area contributed by atoms with Crippen LogP contribution in [0.25, 0.3) is 11.5 Å². The average molecular weight is 434 g/mol. The fourth-order valence-electron chi connectivity index (χ4n) is 2.57. The number of hydrogen-bond acceptors (Lipinski definition) is 7. The Kier molecular flexibility index (Phi) is 7.37. The predicted molar refractivity (Wildman–Crippen MR) is 112 cm³/mol. The first kappa shape index (κ1) is 21.0. The molecule has 3 aromatic rings. The number of carbonyl (C=O) groups is 1. The minimum Gasteiger partial charge on any atom is -0.493 e. The summed E-state index contributed by atoms with van der Waals surface area (Å²) in [5.41, 5.74) is 1.70. The molecule has 1 aromatic heterocycles. The molecule has 0 saturated carbocycles. The molecule has 0 aliphatic carbocycles. The van der Waals surface area contributed by atoms with E-state index in [1.54, 1.807) is 26.4 Å². The molecule has 29 heavy (non-hydrogen) atoms. The fraction of sp³-hybridized carbons (Fsp3) is 0.250. The fourth-order valence-corrected chi connectivity index (χ4v) is 3.38. The molecule has 0 fully saturated rings. The van der Waals surface area contributed by atoms with Gasteiger partial charge < -0.3 is 19.2 Å². The van der Waals surface area contributed by atoms with Gasteiger partial charge in [0, 0.05) is 6.54 Å². The summed E-state index contributed by atoms with van der Waals surface area (Å²) < 4.78 is 16.1. The van der Waals surface area contributed by atoms with Crippen LogP contribution in [0.2, 0.25) is 5.02 Å². The van der Waals surface area contributed by atoms with Crippen LogP contribution in [0.15, 0.2) is 52.1 Å². The quantitative estimate of drug-likeness (QED) is 0.513. The van der Waals surface area contributed by atoms with E-state index >= 15 is 0 Å². The van der Waals surface area contributed by atoms with E-state index in [1.807, 2.05) is 30.3 Å². The van der Waals surface area contributed by atoms with Crippen LogP contribution in [0.1, 0.15) is 5.56 Å². The number of aromatic nitrogens is 2. The van der Waals surface area contributed by atoms with Crippen LogP contribution < -0.4 is 14.8 Å². The number of methoxy groups -OCH3 is 2. The molecular formula is C20H20ClN3O4S. The van der Waals surface area contributed by atoms with Gasteiger partial charge in [-0.15, -0.1) is 10.2 Å². The van der Waals surface area contributed by atoms with E-state index < -0.39 is 0 Å². The molecule has 1 N–H and O–H groups in total. The van der Waals surface area contributed by atoms with Gasteiger partial charge >= 0.3 is 0 Å². The second kappa shape index (κ2) is 10.2. The Labute approximate surface area is 177 Å². The molecule has 0 bridgehead atoms. The number of nitrogens with one attached hydrogen (secondary N) is 1. The number of nitrogens with zero attached hydrogens (tertiary/aromatic N) is 2. The van der Waals surface area contributed by atoms with Crippen molar-refractivity contribution in [3.8, 4) is 23.0 Å². The maximum absolute atomic E-state index is 12.1. The zero-order valence-corrected chi connectivity index (χ0v) is 17.5. The van der Waals surface area contributed by atoms with Crippen LogP contribution >= 0.6 is 23.4 Å². The molecule has 0 spiro atoms. The lowest BCUT2D eigenvalue weighted by atomic mass is 10.1. The van der Waals surface area contributed by atoms with Crippen LogP contribution in [0.5, 0.6) is 11.5 Å². The van der Waals surface area contributed by atoms with Crippen LogP contribution in [0.4, 0.5) is 0 Å². The number of benzene rings is 2. The maximum atomic E-state index is 12.1. The normalized spacial score (nSPS) is 10.6. The van der Waals surface area contributed by atoms with Crippen LogP contribution in [0, 0.1) is 0 Å². The van der Waals surface area contributed by atoms with Crippen molar-refractivity contribution in [2.75, 3.05) is 26.5 Å². The van der Waals surface area contributed by atoms with E-state index in [2.05, 4.69) is 15.5 Å². The molecule has 0 unspecified atom stereocenters. The van der Waals surface area contributed by atoms with E-state index in [-0.39, 0.29) is 11.7 Å². The van der Waals surface area contributed by atoms with Crippen molar-refractivity contribution in [1.82, 2.24) is 15.5 Å². The Balaban J connectivity index is 1.46. The minimum atomic E-state index is -0.118. The molecule has 152 valence electrons. The van der Waals surface area contributed by atoms with E-state index in [0.717, 1.165) is 5.56 Å². The minimum absolute atomic E-state index is 0.118. The average Bonchev–Trinajstić information content (AvgIpc) is 3.21. The predicted octanol–water partition coefficient (Wildman–Crippen LogP) is 3.86. The number of rotatable bonds is 9. The summed E-state index contributed by atoms with van der Waals surface area (Å²) in [6, 6.07) is 12.9. The smallest absolute Gasteiger partial charge is 0.277 e. The van der Waals surface area contributed by atoms with Gasteiger partial charge in [0.25, 0.3) is 5.22 Å². The van der Waals surface area contributed by atoms with Crippen molar-refractivity contribution in [3.63, 3.8) is 0 Å². The van der Waals surface area contributed by atoms with E-state index in [1.165, 1.54) is 11.8 Å². The van der Waals surface area contributed by atoms with Gasteiger partial charge in [-0.3, -0.25) is 4.79 Å². The van der Waals surface area contributed by atoms with Gasteiger partial charge in [-0.25, -0.2) is 0 Å². The van der Waals surface area contributed by atoms with E-state index in [0.29, 0.717) is 46.2 Å². The molecule has 0 atom stereocenters. The van der Waals surface area contributed by atoms with Crippen molar-refractivity contribution >= 4 is 29.3 Å². The van der Waals surface area contributed by atoms with Gasteiger partial charge in [0.05, 0.1) is 30.6 Å². The second-order valence-corrected chi connectivity index (χ2v) is 7.26. The molecule has 7 nitrogen and oxygen atoms in total. The van der Waals surface area contributed by atoms with Gasteiger partial charge in [-0.1, -0.05) is 41.6 Å². The first-order chi connectivity index (χ1) is 14.1. The Morgan fingerprint density at radius 2 is 1.93 bits per heavy atom. The number of carbonyl (C=O) groups excluding carboxylic acids is 1. The third-order valence-corrected chi connectivity index (χ3v) is 5.17. The second-order valence-electron chi connectivity index (χ2n) is 5.93. The molecular weight excluding hydrogens is 414 g/mol. The molecule has 0 aliphatic heterocycles. The van der Waals surface area contributed by atoms with Gasteiger partial charge in [0.15, 0.2) is 11.5 Å². The first-order valence-electron chi connectivity index (χ1n) is 8.79. The summed E-state index contributed by atoms with van der Waals surface area (Å²) in [4.78, 5) is 12.1. The number of thioether (sulfide) groups is 1. The van der Waals surface area contributed by atoms with Crippen LogP contribution in [0.3, 0.4) is 0 Å². The third kappa shape index (κ3) is 5.65. The molecule has 2 aromatic carbocycles. The lowest BCUT2D eigenvalue weighted by molar-refractivity contribution is -0.118. The lowest BCUT2D eigenvalue weighted by Crippen LogP contribution is -2.27. The highest BCUT2D eigenvalue weighted by Gasteiger charge is 2.13. The standard InChI is InChI=1S/C20H20ClN3O4S/c1-26-16-8-7-13(11-17(16)27-2)9-10-22-18(25)12-29-20-24-23-19(28-20)14-5-3-4-6-15(14)21/h3-8,11H,9-10,12H2,1-2H3,(H,22,25). The molecule has 9 heteroatoms. The number of halogens is 1. The largest absolute Gasteiger partial charge is 0.493 e. The monoisotopic (exact) mass is 433 g/mol. The summed E-state index contributed by atoms with van der Waals surface area (Å²) in [5.74, 6) is 1.72. The molecule has 0 aliphatic rings. The lowest BCUT2D eigenvalue weighted by Gasteiger charge is -2.10. The van der Waals surface area contributed by atoms with Crippen molar-refractivity contribution in [2.45, 2.75) is 11.6 Å². The highest BCUT2D eigenvalue weighted by Crippen LogP contribution is 2.29. The summed E-state index contributed by atoms with van der Waals surface area (Å²) >= 11 is 7.30. The molecule has 0 saturated heterocycles. The Morgan fingerprint density at radius 1 is 1.14 bits per heavy atom. The third-order valence-electron chi connectivity index (χ3n) is 4.02. The van der Waals surface area contributed by atoms with Crippen LogP contribution in [-0.4, -0.2) is 42.6 Å². The highest BCUT2D eigenvalue weighted by atomic mass is 35.5. The van der Waals surface area contributed by atoms with Crippen molar-refractivity contribution in [2.24, 2.45) is 0 Å². The van der Waals surface area contributed by atoms with Gasteiger partial charge in [-0.05, 0) is 36.2 Å². The van der Waals surface area contributed by atoms with Gasteiger partial charge in [0.2, 0.25) is 11.8 Å². The van der Waals surface area contributed by atoms with Crippen LogP contribution in [-0.2, 0) is 11.2 Å². The topological polar surface area (TPSA) is 86.5 Å². The Morgan fingerprint density at radius 3 is 2.69 bits per heavy atom. The number of amides is 1. The summed E-state index contributed by atoms with van der Waals surface area (Å²) in [5, 5.41) is 11.6. The molecule has 3 rings (SSSR count). The molecule has 1 amide bonds. The zero-order valence-electron chi connectivity index (χ0n) is 16.0. The Bertz CT molecular complexity index is 980. The van der Waals surface area contributed by atoms with E-state index in [9.17, 15) is 4.79 Å². The van der Waals surface area contributed by atoms with E-state index in [4.69, 9.17) is 25.5 Å². The van der Waals surface area contributed by atoms with Crippen molar-refractivity contribution in [1.29, 1.82) is 0 Å². The first-order valence-corrected chi connectivity index (χ1v) is 10.2. The number of hydrogen-bond donors (Lipinski definition) is 1.